The quantitative estimate of drug-likeness (QED) is 0.642. The Balaban J connectivity index is 3.03. The van der Waals surface area contributed by atoms with E-state index in [-0.39, 0.29) is 22.1 Å². The molecule has 4 heteroatoms. The Morgan fingerprint density at radius 2 is 1.94 bits per heavy atom. The molecule has 1 unspecified atom stereocenters. The lowest BCUT2D eigenvalue weighted by atomic mass is 9.88. The molecule has 0 amide bonds. The van der Waals surface area contributed by atoms with E-state index in [1.165, 1.54) is 0 Å². The fourth-order valence-corrected chi connectivity index (χ4v) is 1.36. The topological polar surface area (TPSA) is 55.2 Å². The summed E-state index contributed by atoms with van der Waals surface area (Å²) in [5.74, 6) is 0. The SMILES string of the molecule is Cc1ccc(NC(C)C(C)(C)C)c([N+](=O)[O-])c1. The first-order chi connectivity index (χ1) is 7.71. The Hall–Kier alpha value is -1.58. The summed E-state index contributed by atoms with van der Waals surface area (Å²) >= 11 is 0. The molecule has 4 nitrogen and oxygen atoms in total. The maximum Gasteiger partial charge on any atom is 0.292 e. The van der Waals surface area contributed by atoms with E-state index in [0.717, 1.165) is 5.56 Å². The van der Waals surface area contributed by atoms with Crippen molar-refractivity contribution in [1.29, 1.82) is 0 Å². The van der Waals surface area contributed by atoms with E-state index in [4.69, 9.17) is 0 Å². The van der Waals surface area contributed by atoms with Gasteiger partial charge in [-0.2, -0.15) is 0 Å². The zero-order valence-electron chi connectivity index (χ0n) is 11.1. The third kappa shape index (κ3) is 3.44. The van der Waals surface area contributed by atoms with Crippen LogP contribution in [0.15, 0.2) is 18.2 Å². The number of hydrogen-bond donors (Lipinski definition) is 1. The molecule has 0 fully saturated rings. The van der Waals surface area contributed by atoms with Crippen LogP contribution in [0.3, 0.4) is 0 Å². The van der Waals surface area contributed by atoms with Crippen molar-refractivity contribution in [1.82, 2.24) is 0 Å². The second kappa shape index (κ2) is 4.73. The summed E-state index contributed by atoms with van der Waals surface area (Å²) in [6.07, 6.45) is 0. The van der Waals surface area contributed by atoms with E-state index in [0.29, 0.717) is 5.69 Å². The van der Waals surface area contributed by atoms with Crippen LogP contribution in [-0.2, 0) is 0 Å². The molecule has 0 aromatic heterocycles. The number of nitro benzene ring substituents is 1. The van der Waals surface area contributed by atoms with Gasteiger partial charge in [0.25, 0.3) is 5.69 Å². The average Bonchev–Trinajstić information content (AvgIpc) is 2.18. The molecular weight excluding hydrogens is 216 g/mol. The zero-order valence-corrected chi connectivity index (χ0v) is 11.1. The fourth-order valence-electron chi connectivity index (χ4n) is 1.36. The lowest BCUT2D eigenvalue weighted by Gasteiger charge is -2.28. The standard InChI is InChI=1S/C13H20N2O2/c1-9-6-7-11(12(8-9)15(16)17)14-10(2)13(3,4)5/h6-8,10,14H,1-5H3. The van der Waals surface area contributed by atoms with Crippen LogP contribution in [0.2, 0.25) is 0 Å². The van der Waals surface area contributed by atoms with Crippen LogP contribution in [0.5, 0.6) is 0 Å². The smallest absolute Gasteiger partial charge is 0.292 e. The van der Waals surface area contributed by atoms with E-state index >= 15 is 0 Å². The van der Waals surface area contributed by atoms with Crippen molar-refractivity contribution in [3.63, 3.8) is 0 Å². The Kier molecular flexibility index (Phi) is 3.76. The van der Waals surface area contributed by atoms with Crippen LogP contribution in [-0.4, -0.2) is 11.0 Å². The van der Waals surface area contributed by atoms with Gasteiger partial charge < -0.3 is 5.32 Å². The molecule has 0 radical (unpaired) electrons. The van der Waals surface area contributed by atoms with Crippen LogP contribution in [0.4, 0.5) is 11.4 Å². The number of nitrogens with one attached hydrogen (secondary N) is 1. The predicted molar refractivity (Wildman–Crippen MR) is 70.4 cm³/mol. The summed E-state index contributed by atoms with van der Waals surface area (Å²) in [6.45, 7) is 10.2. The van der Waals surface area contributed by atoms with Gasteiger partial charge in [0.15, 0.2) is 0 Å². The highest BCUT2D eigenvalue weighted by Crippen LogP contribution is 2.29. The van der Waals surface area contributed by atoms with Gasteiger partial charge in [0.05, 0.1) is 4.92 Å². The van der Waals surface area contributed by atoms with Gasteiger partial charge in [0.1, 0.15) is 5.69 Å². The van der Waals surface area contributed by atoms with Gasteiger partial charge in [0.2, 0.25) is 0 Å². The second-order valence-corrected chi connectivity index (χ2v) is 5.51. The van der Waals surface area contributed by atoms with Crippen LogP contribution < -0.4 is 5.32 Å². The van der Waals surface area contributed by atoms with Gasteiger partial charge in [0, 0.05) is 12.1 Å². The summed E-state index contributed by atoms with van der Waals surface area (Å²) in [5, 5.41) is 14.2. The molecular formula is C13H20N2O2. The van der Waals surface area contributed by atoms with Gasteiger partial charge in [-0.1, -0.05) is 26.8 Å². The first-order valence-corrected chi connectivity index (χ1v) is 5.73. The number of benzene rings is 1. The van der Waals surface area contributed by atoms with Crippen LogP contribution in [0.25, 0.3) is 0 Å². The van der Waals surface area contributed by atoms with Crippen molar-refractivity contribution in [2.75, 3.05) is 5.32 Å². The largest absolute Gasteiger partial charge is 0.377 e. The second-order valence-electron chi connectivity index (χ2n) is 5.51. The lowest BCUT2D eigenvalue weighted by Crippen LogP contribution is -2.31. The minimum Gasteiger partial charge on any atom is -0.377 e. The van der Waals surface area contributed by atoms with Gasteiger partial charge in [-0.05, 0) is 30.9 Å². The van der Waals surface area contributed by atoms with Crippen molar-refractivity contribution < 1.29 is 4.92 Å². The van der Waals surface area contributed by atoms with Crippen LogP contribution in [0, 0.1) is 22.5 Å². The third-order valence-corrected chi connectivity index (χ3v) is 3.02. The maximum atomic E-state index is 11.0. The summed E-state index contributed by atoms with van der Waals surface area (Å²) in [6, 6.07) is 5.40. The first-order valence-electron chi connectivity index (χ1n) is 5.73. The Morgan fingerprint density at radius 1 is 1.35 bits per heavy atom. The molecule has 17 heavy (non-hydrogen) atoms. The number of nitro groups is 1. The highest BCUT2D eigenvalue weighted by molar-refractivity contribution is 5.63. The molecule has 1 N–H and O–H groups in total. The number of rotatable bonds is 3. The molecule has 1 rings (SSSR count). The minimum absolute atomic E-state index is 0.0543. The molecule has 1 aromatic rings. The normalized spacial score (nSPS) is 13.2. The highest BCUT2D eigenvalue weighted by Gasteiger charge is 2.23. The predicted octanol–water partition coefficient (Wildman–Crippen LogP) is 3.75. The molecule has 0 saturated carbocycles. The molecule has 94 valence electrons. The molecule has 0 aliphatic heterocycles. The maximum absolute atomic E-state index is 11.0. The third-order valence-electron chi connectivity index (χ3n) is 3.02. The Morgan fingerprint density at radius 3 is 2.41 bits per heavy atom. The Bertz CT molecular complexity index is 422. The van der Waals surface area contributed by atoms with E-state index < -0.39 is 0 Å². The van der Waals surface area contributed by atoms with Crippen molar-refractivity contribution in [3.05, 3.63) is 33.9 Å². The molecule has 0 saturated heterocycles. The van der Waals surface area contributed by atoms with Crippen LogP contribution >= 0.6 is 0 Å². The monoisotopic (exact) mass is 236 g/mol. The number of anilines is 1. The molecule has 0 bridgehead atoms. The average molecular weight is 236 g/mol. The van der Waals surface area contributed by atoms with Gasteiger partial charge >= 0.3 is 0 Å². The van der Waals surface area contributed by atoms with Gasteiger partial charge in [-0.15, -0.1) is 0 Å². The van der Waals surface area contributed by atoms with E-state index in [2.05, 4.69) is 26.1 Å². The van der Waals surface area contributed by atoms with Crippen molar-refractivity contribution in [3.8, 4) is 0 Å². The van der Waals surface area contributed by atoms with Crippen molar-refractivity contribution in [2.24, 2.45) is 5.41 Å². The van der Waals surface area contributed by atoms with Crippen molar-refractivity contribution in [2.45, 2.75) is 40.7 Å². The highest BCUT2D eigenvalue weighted by atomic mass is 16.6. The lowest BCUT2D eigenvalue weighted by molar-refractivity contribution is -0.384. The van der Waals surface area contributed by atoms with E-state index in [1.807, 2.05) is 19.9 Å². The molecule has 0 aliphatic rings. The van der Waals surface area contributed by atoms with Crippen molar-refractivity contribution >= 4 is 11.4 Å². The van der Waals surface area contributed by atoms with E-state index in [1.54, 1.807) is 12.1 Å². The Labute approximate surface area is 102 Å². The fraction of sp³-hybridized carbons (Fsp3) is 0.538. The number of hydrogen-bond acceptors (Lipinski definition) is 3. The molecule has 0 aliphatic carbocycles. The van der Waals surface area contributed by atoms with Gasteiger partial charge in [-0.25, -0.2) is 0 Å². The molecule has 1 aromatic carbocycles. The summed E-state index contributed by atoms with van der Waals surface area (Å²) in [5.41, 5.74) is 1.67. The summed E-state index contributed by atoms with van der Waals surface area (Å²) < 4.78 is 0. The molecule has 1 atom stereocenters. The molecule has 0 heterocycles. The van der Waals surface area contributed by atoms with Gasteiger partial charge in [-0.3, -0.25) is 10.1 Å². The molecule has 0 spiro atoms. The summed E-state index contributed by atoms with van der Waals surface area (Å²) in [7, 11) is 0. The zero-order chi connectivity index (χ0) is 13.2. The minimum atomic E-state index is -0.343. The van der Waals surface area contributed by atoms with E-state index in [9.17, 15) is 10.1 Å². The number of nitrogens with zero attached hydrogens (tertiary/aromatic N) is 1. The summed E-state index contributed by atoms with van der Waals surface area (Å²) in [4.78, 5) is 10.6. The first kappa shape index (κ1) is 13.5. The van der Waals surface area contributed by atoms with Crippen LogP contribution in [0.1, 0.15) is 33.3 Å². The number of aryl methyl sites for hydroxylation is 1.